The zero-order valence-corrected chi connectivity index (χ0v) is 16.9. The topological polar surface area (TPSA) is 58.3 Å². The second-order valence-electron chi connectivity index (χ2n) is 6.40. The molecule has 1 aromatic carbocycles. The Balaban J connectivity index is 2.07. The third kappa shape index (κ3) is 5.73. The van der Waals surface area contributed by atoms with E-state index in [0.29, 0.717) is 19.1 Å². The number of nitrogens with one attached hydrogen (secondary N) is 1. The van der Waals surface area contributed by atoms with E-state index in [9.17, 15) is 0 Å². The molecule has 2 rings (SSSR count). The minimum Gasteiger partial charge on any atom is -0.354 e. The summed E-state index contributed by atoms with van der Waals surface area (Å²) < 4.78 is 2.05. The number of aromatic nitrogens is 3. The maximum absolute atomic E-state index is 6.31. The van der Waals surface area contributed by atoms with Crippen LogP contribution in [0.25, 0.3) is 0 Å². The van der Waals surface area contributed by atoms with Gasteiger partial charge in [0.15, 0.2) is 5.96 Å². The van der Waals surface area contributed by atoms with Crippen molar-refractivity contribution in [3.05, 3.63) is 47.0 Å². The van der Waals surface area contributed by atoms with Crippen LogP contribution in [0.5, 0.6) is 0 Å². The van der Waals surface area contributed by atoms with Gasteiger partial charge < -0.3 is 14.8 Å². The van der Waals surface area contributed by atoms with E-state index in [-0.39, 0.29) is 0 Å². The number of guanidine groups is 1. The first-order valence-electron chi connectivity index (χ1n) is 9.17. The van der Waals surface area contributed by atoms with Crippen LogP contribution in [-0.4, -0.2) is 45.3 Å². The third-order valence-corrected chi connectivity index (χ3v) is 4.70. The minimum absolute atomic E-state index is 0.351. The van der Waals surface area contributed by atoms with Crippen LogP contribution in [0.2, 0.25) is 5.02 Å². The number of nitrogens with zero attached hydrogens (tertiary/aromatic N) is 5. The van der Waals surface area contributed by atoms with Crippen molar-refractivity contribution in [1.82, 2.24) is 25.0 Å². The average Bonchev–Trinajstić information content (AvgIpc) is 3.10. The summed E-state index contributed by atoms with van der Waals surface area (Å²) >= 11 is 6.31. The molecule has 0 saturated heterocycles. The fourth-order valence-electron chi connectivity index (χ4n) is 2.56. The van der Waals surface area contributed by atoms with Crippen LogP contribution in [0, 0.1) is 0 Å². The van der Waals surface area contributed by atoms with Crippen LogP contribution in [0.1, 0.15) is 38.6 Å². The lowest BCUT2D eigenvalue weighted by Gasteiger charge is -2.25. The minimum atomic E-state index is 0.351. The fourth-order valence-corrected chi connectivity index (χ4v) is 2.75. The zero-order valence-electron chi connectivity index (χ0n) is 16.1. The summed E-state index contributed by atoms with van der Waals surface area (Å²) in [6, 6.07) is 8.27. The van der Waals surface area contributed by atoms with Crippen molar-refractivity contribution >= 4 is 17.6 Å². The third-order valence-electron chi connectivity index (χ3n) is 4.33. The van der Waals surface area contributed by atoms with Crippen molar-refractivity contribution in [2.75, 3.05) is 13.6 Å². The molecule has 7 heteroatoms. The quantitative estimate of drug-likeness (QED) is 0.566. The maximum atomic E-state index is 6.31. The second-order valence-corrected chi connectivity index (χ2v) is 6.81. The maximum Gasteiger partial charge on any atom is 0.194 e. The molecular formula is C19H29ClN6. The molecule has 0 spiro atoms. The lowest BCUT2D eigenvalue weighted by molar-refractivity contribution is 0.458. The highest BCUT2D eigenvalue weighted by atomic mass is 35.5. The largest absolute Gasteiger partial charge is 0.354 e. The van der Waals surface area contributed by atoms with Gasteiger partial charge in [-0.15, -0.1) is 10.2 Å². The molecule has 26 heavy (non-hydrogen) atoms. The normalized spacial score (nSPS) is 12.9. The number of aliphatic imine (C=N–C) groups is 1. The highest BCUT2D eigenvalue weighted by Gasteiger charge is 2.11. The van der Waals surface area contributed by atoms with Crippen molar-refractivity contribution in [2.45, 2.75) is 52.7 Å². The molecule has 0 saturated carbocycles. The lowest BCUT2D eigenvalue weighted by Crippen LogP contribution is -2.43. The predicted octanol–water partition coefficient (Wildman–Crippen LogP) is 3.37. The Morgan fingerprint density at radius 2 is 2.12 bits per heavy atom. The first-order chi connectivity index (χ1) is 12.5. The molecule has 1 atom stereocenters. The van der Waals surface area contributed by atoms with Crippen molar-refractivity contribution in [3.63, 3.8) is 0 Å². The van der Waals surface area contributed by atoms with Gasteiger partial charge in [-0.25, -0.2) is 0 Å². The fraction of sp³-hybridized carbons (Fsp3) is 0.526. The van der Waals surface area contributed by atoms with Crippen molar-refractivity contribution in [3.8, 4) is 0 Å². The van der Waals surface area contributed by atoms with Gasteiger partial charge >= 0.3 is 0 Å². The molecule has 2 aromatic rings. The van der Waals surface area contributed by atoms with E-state index in [4.69, 9.17) is 16.6 Å². The van der Waals surface area contributed by atoms with Crippen LogP contribution < -0.4 is 5.32 Å². The van der Waals surface area contributed by atoms with Crippen LogP contribution in [0.4, 0.5) is 0 Å². The van der Waals surface area contributed by atoms with Crippen molar-refractivity contribution in [2.24, 2.45) is 4.99 Å². The van der Waals surface area contributed by atoms with Crippen molar-refractivity contribution in [1.29, 1.82) is 0 Å². The van der Waals surface area contributed by atoms with Gasteiger partial charge in [0.05, 0.1) is 6.54 Å². The molecule has 1 N–H and O–H groups in total. The highest BCUT2D eigenvalue weighted by Crippen LogP contribution is 2.16. The van der Waals surface area contributed by atoms with E-state index in [2.05, 4.69) is 45.8 Å². The molecule has 0 amide bonds. The summed E-state index contributed by atoms with van der Waals surface area (Å²) in [5, 5.41) is 12.4. The number of benzene rings is 1. The van der Waals surface area contributed by atoms with E-state index in [1.54, 1.807) is 6.33 Å². The molecule has 1 aromatic heterocycles. The molecule has 0 bridgehead atoms. The van der Waals surface area contributed by atoms with Gasteiger partial charge in [-0.2, -0.15) is 0 Å². The number of halogens is 1. The van der Waals surface area contributed by atoms with Gasteiger partial charge in [0, 0.05) is 37.6 Å². The van der Waals surface area contributed by atoms with Gasteiger partial charge in [0.1, 0.15) is 12.2 Å². The monoisotopic (exact) mass is 376 g/mol. The Morgan fingerprint density at radius 3 is 2.81 bits per heavy atom. The first kappa shape index (κ1) is 20.2. The molecule has 142 valence electrons. The molecule has 0 radical (unpaired) electrons. The van der Waals surface area contributed by atoms with Gasteiger partial charge in [0.25, 0.3) is 0 Å². The molecule has 1 heterocycles. The highest BCUT2D eigenvalue weighted by molar-refractivity contribution is 6.31. The van der Waals surface area contributed by atoms with E-state index < -0.39 is 0 Å². The van der Waals surface area contributed by atoms with Gasteiger partial charge in [0.2, 0.25) is 0 Å². The Bertz CT molecular complexity index is 712. The molecular weight excluding hydrogens is 348 g/mol. The van der Waals surface area contributed by atoms with Gasteiger partial charge in [-0.05, 0) is 25.0 Å². The summed E-state index contributed by atoms with van der Waals surface area (Å²) in [5.74, 6) is 1.87. The first-order valence-corrected chi connectivity index (χ1v) is 9.55. The van der Waals surface area contributed by atoms with Crippen molar-refractivity contribution < 1.29 is 0 Å². The summed E-state index contributed by atoms with van der Waals surface area (Å²) in [4.78, 5) is 6.91. The van der Waals surface area contributed by atoms with Gasteiger partial charge in [-0.1, -0.05) is 43.6 Å². The average molecular weight is 377 g/mol. The second kappa shape index (κ2) is 10.2. The van der Waals surface area contributed by atoms with E-state index in [0.717, 1.165) is 41.8 Å². The van der Waals surface area contributed by atoms with Crippen LogP contribution in [-0.2, 0) is 19.5 Å². The summed E-state index contributed by atoms with van der Waals surface area (Å²) in [5.41, 5.74) is 1.09. The summed E-state index contributed by atoms with van der Waals surface area (Å²) in [7, 11) is 2.04. The van der Waals surface area contributed by atoms with E-state index in [1.807, 2.05) is 31.3 Å². The Hall–Kier alpha value is -2.08. The van der Waals surface area contributed by atoms with E-state index >= 15 is 0 Å². The smallest absolute Gasteiger partial charge is 0.194 e. The lowest BCUT2D eigenvalue weighted by atomic mass is 10.2. The Morgan fingerprint density at radius 1 is 1.35 bits per heavy atom. The number of rotatable bonds is 8. The summed E-state index contributed by atoms with van der Waals surface area (Å²) in [6.45, 7) is 8.53. The molecule has 0 aliphatic heterocycles. The Labute approximate surface area is 161 Å². The molecule has 0 aliphatic rings. The predicted molar refractivity (Wildman–Crippen MR) is 108 cm³/mol. The molecule has 1 unspecified atom stereocenters. The molecule has 0 fully saturated rings. The molecule has 6 nitrogen and oxygen atoms in total. The Kier molecular flexibility index (Phi) is 7.91. The standard InChI is InChI=1S/C19H29ClN6/c1-5-15(3)23-19(21-11-12-26-14-22-24-18(26)6-2)25(4)13-16-9-7-8-10-17(16)20/h7-10,14-15H,5-6,11-13H2,1-4H3,(H,21,23). The van der Waals surface area contributed by atoms with Crippen LogP contribution in [0.3, 0.4) is 0 Å². The number of hydrogen-bond acceptors (Lipinski definition) is 3. The number of aryl methyl sites for hydroxylation is 1. The molecule has 0 aliphatic carbocycles. The van der Waals surface area contributed by atoms with Crippen LogP contribution in [0.15, 0.2) is 35.6 Å². The zero-order chi connectivity index (χ0) is 18.9. The van der Waals surface area contributed by atoms with E-state index in [1.165, 1.54) is 0 Å². The van der Waals surface area contributed by atoms with Crippen LogP contribution >= 0.6 is 11.6 Å². The van der Waals surface area contributed by atoms with Gasteiger partial charge in [-0.3, -0.25) is 4.99 Å². The number of hydrogen-bond donors (Lipinski definition) is 1. The SMILES string of the molecule is CCc1nncn1CCN=C(NC(C)CC)N(C)Cc1ccccc1Cl. The summed E-state index contributed by atoms with van der Waals surface area (Å²) in [6.07, 6.45) is 3.67.